The molecule has 0 bridgehead atoms. The molecule has 2 heteroatoms. The summed E-state index contributed by atoms with van der Waals surface area (Å²) >= 11 is 1.96. The van der Waals surface area contributed by atoms with Gasteiger partial charge in [0.1, 0.15) is 0 Å². The van der Waals surface area contributed by atoms with E-state index in [0.717, 1.165) is 18.7 Å². The standard InChI is InChI=1S/C16H25NS/c1-4-6-10-15(17-12-5-2)13-18-16-11-8-7-9-14(16)3/h4,7-9,11,15,17H,1,5-6,10,12-13H2,2-3H3. The molecule has 0 saturated heterocycles. The van der Waals surface area contributed by atoms with Crippen LogP contribution in [0, 0.1) is 6.92 Å². The molecule has 0 aliphatic heterocycles. The molecule has 18 heavy (non-hydrogen) atoms. The van der Waals surface area contributed by atoms with Crippen molar-refractivity contribution < 1.29 is 0 Å². The van der Waals surface area contributed by atoms with Crippen molar-refractivity contribution in [3.05, 3.63) is 42.5 Å². The molecule has 0 radical (unpaired) electrons. The number of nitrogens with one attached hydrogen (secondary N) is 1. The number of rotatable bonds is 9. The van der Waals surface area contributed by atoms with Gasteiger partial charge in [-0.25, -0.2) is 0 Å². The topological polar surface area (TPSA) is 12.0 Å². The summed E-state index contributed by atoms with van der Waals surface area (Å²) in [4.78, 5) is 1.40. The zero-order chi connectivity index (χ0) is 13.2. The molecule has 1 N–H and O–H groups in total. The molecule has 1 nitrogen and oxygen atoms in total. The molecule has 0 spiro atoms. The monoisotopic (exact) mass is 263 g/mol. The molecule has 1 aromatic carbocycles. The van der Waals surface area contributed by atoms with E-state index in [0.29, 0.717) is 6.04 Å². The summed E-state index contributed by atoms with van der Waals surface area (Å²) in [7, 11) is 0. The summed E-state index contributed by atoms with van der Waals surface area (Å²) in [6, 6.07) is 9.20. The molecule has 100 valence electrons. The predicted molar refractivity (Wildman–Crippen MR) is 83.4 cm³/mol. The fraction of sp³-hybridized carbons (Fsp3) is 0.500. The van der Waals surface area contributed by atoms with Gasteiger partial charge in [0, 0.05) is 16.7 Å². The van der Waals surface area contributed by atoms with Crippen LogP contribution in [0.2, 0.25) is 0 Å². The second kappa shape index (κ2) is 9.23. The van der Waals surface area contributed by atoms with Crippen molar-refractivity contribution in [3.63, 3.8) is 0 Å². The molecule has 1 aromatic rings. The maximum atomic E-state index is 3.81. The Morgan fingerprint density at radius 3 is 2.83 bits per heavy atom. The van der Waals surface area contributed by atoms with Crippen LogP contribution in [-0.2, 0) is 0 Å². The number of aryl methyl sites for hydroxylation is 1. The predicted octanol–water partition coefficient (Wildman–Crippen LogP) is 4.42. The quantitative estimate of drug-likeness (QED) is 0.523. The normalized spacial score (nSPS) is 12.3. The molecule has 1 rings (SSSR count). The molecular weight excluding hydrogens is 238 g/mol. The van der Waals surface area contributed by atoms with E-state index in [1.54, 1.807) is 0 Å². The van der Waals surface area contributed by atoms with Crippen molar-refractivity contribution in [1.82, 2.24) is 5.32 Å². The van der Waals surface area contributed by atoms with E-state index in [4.69, 9.17) is 0 Å². The molecular formula is C16H25NS. The van der Waals surface area contributed by atoms with Gasteiger partial charge in [0.25, 0.3) is 0 Å². The Bertz CT molecular complexity index is 349. The van der Waals surface area contributed by atoms with Crippen LogP contribution < -0.4 is 5.32 Å². The fourth-order valence-corrected chi connectivity index (χ4v) is 2.96. The van der Waals surface area contributed by atoms with Crippen LogP contribution in [-0.4, -0.2) is 18.3 Å². The molecule has 0 fully saturated rings. The highest BCUT2D eigenvalue weighted by Gasteiger charge is 2.08. The maximum absolute atomic E-state index is 3.81. The molecule has 1 unspecified atom stereocenters. The first kappa shape index (κ1) is 15.3. The van der Waals surface area contributed by atoms with Crippen molar-refractivity contribution in [2.45, 2.75) is 44.0 Å². The Balaban J connectivity index is 2.44. The Morgan fingerprint density at radius 2 is 2.17 bits per heavy atom. The second-order valence-corrected chi connectivity index (χ2v) is 5.66. The van der Waals surface area contributed by atoms with E-state index in [1.807, 2.05) is 17.8 Å². The Labute approximate surface area is 116 Å². The zero-order valence-electron chi connectivity index (χ0n) is 11.6. The van der Waals surface area contributed by atoms with Crippen molar-refractivity contribution >= 4 is 11.8 Å². The smallest absolute Gasteiger partial charge is 0.0164 e. The summed E-state index contributed by atoms with van der Waals surface area (Å²) in [6.07, 6.45) is 5.48. The SMILES string of the molecule is C=CCCC(CSc1ccccc1C)NCCC. The summed E-state index contributed by atoms with van der Waals surface area (Å²) in [5.41, 5.74) is 1.38. The minimum atomic E-state index is 0.590. The summed E-state index contributed by atoms with van der Waals surface area (Å²) < 4.78 is 0. The van der Waals surface area contributed by atoms with Crippen LogP contribution in [0.3, 0.4) is 0 Å². The third kappa shape index (κ3) is 5.74. The molecule has 0 amide bonds. The van der Waals surface area contributed by atoms with Gasteiger partial charge in [0.05, 0.1) is 0 Å². The van der Waals surface area contributed by atoms with Crippen LogP contribution >= 0.6 is 11.8 Å². The summed E-state index contributed by atoms with van der Waals surface area (Å²) in [5.74, 6) is 1.14. The van der Waals surface area contributed by atoms with Gasteiger partial charge in [-0.15, -0.1) is 18.3 Å². The van der Waals surface area contributed by atoms with Gasteiger partial charge in [-0.2, -0.15) is 0 Å². The number of benzene rings is 1. The Morgan fingerprint density at radius 1 is 1.39 bits per heavy atom. The number of hydrogen-bond donors (Lipinski definition) is 1. The van der Waals surface area contributed by atoms with Crippen molar-refractivity contribution in [3.8, 4) is 0 Å². The fourth-order valence-electron chi connectivity index (χ4n) is 1.82. The van der Waals surface area contributed by atoms with E-state index in [1.165, 1.54) is 23.3 Å². The van der Waals surface area contributed by atoms with Gasteiger partial charge < -0.3 is 5.32 Å². The lowest BCUT2D eigenvalue weighted by molar-refractivity contribution is 0.524. The first-order valence-electron chi connectivity index (χ1n) is 6.80. The van der Waals surface area contributed by atoms with E-state index < -0.39 is 0 Å². The van der Waals surface area contributed by atoms with Gasteiger partial charge in [-0.1, -0.05) is 31.2 Å². The van der Waals surface area contributed by atoms with E-state index in [9.17, 15) is 0 Å². The highest BCUT2D eigenvalue weighted by atomic mass is 32.2. The molecule has 0 heterocycles. The summed E-state index contributed by atoms with van der Waals surface area (Å²) in [6.45, 7) is 9.31. The average molecular weight is 263 g/mol. The Kier molecular flexibility index (Phi) is 7.86. The summed E-state index contributed by atoms with van der Waals surface area (Å²) in [5, 5.41) is 3.63. The van der Waals surface area contributed by atoms with Crippen molar-refractivity contribution in [2.75, 3.05) is 12.3 Å². The molecule has 1 atom stereocenters. The van der Waals surface area contributed by atoms with Gasteiger partial charge in [-0.05, 0) is 44.4 Å². The van der Waals surface area contributed by atoms with Crippen LogP contribution in [0.15, 0.2) is 41.8 Å². The van der Waals surface area contributed by atoms with Crippen molar-refractivity contribution in [1.29, 1.82) is 0 Å². The van der Waals surface area contributed by atoms with Crippen LogP contribution in [0.25, 0.3) is 0 Å². The first-order valence-corrected chi connectivity index (χ1v) is 7.79. The van der Waals surface area contributed by atoms with Crippen LogP contribution in [0.5, 0.6) is 0 Å². The van der Waals surface area contributed by atoms with Gasteiger partial charge in [-0.3, -0.25) is 0 Å². The lowest BCUT2D eigenvalue weighted by atomic mass is 10.2. The minimum absolute atomic E-state index is 0.590. The highest BCUT2D eigenvalue weighted by molar-refractivity contribution is 7.99. The highest BCUT2D eigenvalue weighted by Crippen LogP contribution is 2.23. The molecule has 0 aliphatic carbocycles. The van der Waals surface area contributed by atoms with E-state index in [-0.39, 0.29) is 0 Å². The lowest BCUT2D eigenvalue weighted by Crippen LogP contribution is -2.31. The Hall–Kier alpha value is -0.730. The molecule has 0 aliphatic rings. The van der Waals surface area contributed by atoms with E-state index >= 15 is 0 Å². The van der Waals surface area contributed by atoms with Gasteiger partial charge in [0.15, 0.2) is 0 Å². The minimum Gasteiger partial charge on any atom is -0.313 e. The largest absolute Gasteiger partial charge is 0.313 e. The lowest BCUT2D eigenvalue weighted by Gasteiger charge is -2.18. The first-order chi connectivity index (χ1) is 8.77. The zero-order valence-corrected chi connectivity index (χ0v) is 12.4. The number of thioether (sulfide) groups is 1. The number of allylic oxidation sites excluding steroid dienone is 1. The molecule has 0 aromatic heterocycles. The van der Waals surface area contributed by atoms with Crippen LogP contribution in [0.4, 0.5) is 0 Å². The number of hydrogen-bond acceptors (Lipinski definition) is 2. The molecule has 0 saturated carbocycles. The second-order valence-electron chi connectivity index (χ2n) is 4.59. The average Bonchev–Trinajstić information content (AvgIpc) is 2.39. The van der Waals surface area contributed by atoms with E-state index in [2.05, 4.69) is 50.0 Å². The third-order valence-corrected chi connectivity index (χ3v) is 4.27. The van der Waals surface area contributed by atoms with Crippen LogP contribution in [0.1, 0.15) is 31.7 Å². The van der Waals surface area contributed by atoms with Gasteiger partial charge in [0.2, 0.25) is 0 Å². The van der Waals surface area contributed by atoms with Crippen molar-refractivity contribution in [2.24, 2.45) is 0 Å². The maximum Gasteiger partial charge on any atom is 0.0164 e. The van der Waals surface area contributed by atoms with Gasteiger partial charge >= 0.3 is 0 Å². The third-order valence-electron chi connectivity index (χ3n) is 2.94.